The summed E-state index contributed by atoms with van der Waals surface area (Å²) in [5.74, 6) is 0. The first-order chi connectivity index (χ1) is 13.4. The topological polar surface area (TPSA) is 30.7 Å². The Balaban J connectivity index is 1.65. The molecule has 1 heterocycles. The summed E-state index contributed by atoms with van der Waals surface area (Å²) in [6.07, 6.45) is 0.939. The summed E-state index contributed by atoms with van der Waals surface area (Å²) in [6, 6.07) is 31.7. The highest BCUT2D eigenvalue weighted by molar-refractivity contribution is 6.11. The Kier molecular flexibility index (Phi) is 3.91. The first kappa shape index (κ1) is 15.8. The van der Waals surface area contributed by atoms with Gasteiger partial charge in [-0.25, -0.2) is 4.68 Å². The van der Waals surface area contributed by atoms with Crippen molar-refractivity contribution < 1.29 is 0 Å². The van der Waals surface area contributed by atoms with Crippen LogP contribution in [-0.2, 0) is 13.0 Å². The molecule has 27 heavy (non-hydrogen) atoms. The zero-order valence-electron chi connectivity index (χ0n) is 14.9. The van der Waals surface area contributed by atoms with Crippen molar-refractivity contribution >= 4 is 21.8 Å². The lowest BCUT2D eigenvalue weighted by atomic mass is 9.97. The number of benzene rings is 4. The molecule has 0 unspecified atom stereocenters. The van der Waals surface area contributed by atoms with Crippen LogP contribution in [0.15, 0.2) is 91.0 Å². The van der Waals surface area contributed by atoms with Gasteiger partial charge < -0.3 is 0 Å². The van der Waals surface area contributed by atoms with E-state index >= 15 is 0 Å². The molecule has 5 rings (SSSR count). The molecule has 0 aliphatic carbocycles. The minimum atomic E-state index is 0.815. The van der Waals surface area contributed by atoms with Crippen LogP contribution in [0.4, 0.5) is 0 Å². The van der Waals surface area contributed by atoms with Gasteiger partial charge in [0.25, 0.3) is 0 Å². The van der Waals surface area contributed by atoms with Gasteiger partial charge in [0.05, 0.1) is 5.52 Å². The van der Waals surface area contributed by atoms with Crippen molar-refractivity contribution in [3.63, 3.8) is 0 Å². The maximum Gasteiger partial charge on any atom is 0.114 e. The second kappa shape index (κ2) is 6.69. The highest BCUT2D eigenvalue weighted by Gasteiger charge is 2.13. The Morgan fingerprint density at radius 3 is 2.15 bits per heavy atom. The van der Waals surface area contributed by atoms with Crippen LogP contribution in [0.3, 0.4) is 0 Å². The van der Waals surface area contributed by atoms with Gasteiger partial charge in [-0.3, -0.25) is 0 Å². The Labute approximate surface area is 157 Å². The molecule has 5 aromatic rings. The average molecular weight is 349 g/mol. The van der Waals surface area contributed by atoms with E-state index in [9.17, 15) is 0 Å². The van der Waals surface area contributed by atoms with Gasteiger partial charge in [0.1, 0.15) is 5.52 Å². The van der Waals surface area contributed by atoms with Crippen LogP contribution in [0.25, 0.3) is 32.9 Å². The van der Waals surface area contributed by atoms with Crippen molar-refractivity contribution in [3.05, 3.63) is 96.6 Å². The molecule has 0 atom stereocenters. The Hall–Kier alpha value is -3.46. The van der Waals surface area contributed by atoms with Crippen LogP contribution >= 0.6 is 0 Å². The predicted molar refractivity (Wildman–Crippen MR) is 111 cm³/mol. The van der Waals surface area contributed by atoms with Crippen molar-refractivity contribution in [1.82, 2.24) is 15.0 Å². The minimum absolute atomic E-state index is 0.815. The largest absolute Gasteiger partial charge is 0.244 e. The molecule has 0 fully saturated rings. The fourth-order valence-electron chi connectivity index (χ4n) is 3.73. The third kappa shape index (κ3) is 2.87. The number of aromatic nitrogens is 3. The van der Waals surface area contributed by atoms with E-state index in [1.807, 2.05) is 16.8 Å². The maximum atomic E-state index is 4.48. The third-order valence-corrected chi connectivity index (χ3v) is 5.05. The highest BCUT2D eigenvalue weighted by atomic mass is 15.4. The molecule has 0 saturated carbocycles. The smallest absolute Gasteiger partial charge is 0.114 e. The summed E-state index contributed by atoms with van der Waals surface area (Å²) in [7, 11) is 0. The lowest BCUT2D eigenvalue weighted by Gasteiger charge is -2.10. The third-order valence-electron chi connectivity index (χ3n) is 5.05. The molecule has 0 aliphatic heterocycles. The second-order valence-corrected chi connectivity index (χ2v) is 6.75. The van der Waals surface area contributed by atoms with Gasteiger partial charge in [-0.1, -0.05) is 90.1 Å². The number of hydrogen-bond acceptors (Lipinski definition) is 2. The zero-order valence-corrected chi connectivity index (χ0v) is 14.9. The lowest BCUT2D eigenvalue weighted by Crippen LogP contribution is -2.03. The molecule has 0 spiro atoms. The van der Waals surface area contributed by atoms with Crippen LogP contribution < -0.4 is 0 Å². The van der Waals surface area contributed by atoms with Crippen LogP contribution in [-0.4, -0.2) is 15.0 Å². The van der Waals surface area contributed by atoms with E-state index in [1.165, 1.54) is 27.5 Å². The van der Waals surface area contributed by atoms with Crippen LogP contribution in [0.5, 0.6) is 0 Å². The molecule has 0 N–H and O–H groups in total. The molecule has 3 nitrogen and oxygen atoms in total. The van der Waals surface area contributed by atoms with E-state index in [0.717, 1.165) is 24.0 Å². The SMILES string of the molecule is c1ccc(CCn2nnc3cc(-c4ccccc4)c4ccccc4c32)cc1. The van der Waals surface area contributed by atoms with Gasteiger partial charge in [0.15, 0.2) is 0 Å². The predicted octanol–water partition coefficient (Wildman–Crippen LogP) is 5.49. The maximum absolute atomic E-state index is 4.48. The van der Waals surface area contributed by atoms with Gasteiger partial charge >= 0.3 is 0 Å². The second-order valence-electron chi connectivity index (χ2n) is 6.75. The minimum Gasteiger partial charge on any atom is -0.244 e. The van der Waals surface area contributed by atoms with E-state index in [2.05, 4.69) is 89.2 Å². The van der Waals surface area contributed by atoms with Gasteiger partial charge in [-0.05, 0) is 34.6 Å². The Morgan fingerprint density at radius 2 is 1.37 bits per heavy atom. The van der Waals surface area contributed by atoms with Crippen molar-refractivity contribution in [2.45, 2.75) is 13.0 Å². The molecular formula is C24H19N3. The van der Waals surface area contributed by atoms with Crippen molar-refractivity contribution in [3.8, 4) is 11.1 Å². The molecule has 0 saturated heterocycles. The van der Waals surface area contributed by atoms with Gasteiger partial charge in [-0.2, -0.15) is 0 Å². The molecule has 130 valence electrons. The van der Waals surface area contributed by atoms with Crippen molar-refractivity contribution in [2.24, 2.45) is 0 Å². The van der Waals surface area contributed by atoms with Gasteiger partial charge in [-0.15, -0.1) is 5.10 Å². The van der Waals surface area contributed by atoms with E-state index in [1.54, 1.807) is 0 Å². The number of rotatable bonds is 4. The van der Waals surface area contributed by atoms with Crippen LogP contribution in [0.2, 0.25) is 0 Å². The van der Waals surface area contributed by atoms with Crippen LogP contribution in [0, 0.1) is 0 Å². The summed E-state index contributed by atoms with van der Waals surface area (Å²) in [5.41, 5.74) is 5.77. The monoisotopic (exact) mass is 349 g/mol. The molecular weight excluding hydrogens is 330 g/mol. The van der Waals surface area contributed by atoms with E-state index in [-0.39, 0.29) is 0 Å². The molecule has 0 radical (unpaired) electrons. The summed E-state index contributed by atoms with van der Waals surface area (Å²) < 4.78 is 2.04. The van der Waals surface area contributed by atoms with Gasteiger partial charge in [0, 0.05) is 11.9 Å². The zero-order chi connectivity index (χ0) is 18.1. The standard InChI is InChI=1S/C24H19N3/c1-3-9-18(10-4-1)15-16-27-24-21-14-8-7-13-20(21)22(17-23(24)25-26-27)19-11-5-2-6-12-19/h1-14,17H,15-16H2. The summed E-state index contributed by atoms with van der Waals surface area (Å²) in [4.78, 5) is 0. The number of nitrogens with zero attached hydrogens (tertiary/aromatic N) is 3. The van der Waals surface area contributed by atoms with Crippen LogP contribution in [0.1, 0.15) is 5.56 Å². The van der Waals surface area contributed by atoms with Crippen molar-refractivity contribution in [2.75, 3.05) is 0 Å². The molecule has 0 amide bonds. The summed E-state index contributed by atoms with van der Waals surface area (Å²) in [5, 5.41) is 11.4. The highest BCUT2D eigenvalue weighted by Crippen LogP contribution is 2.34. The average Bonchev–Trinajstić information content (AvgIpc) is 3.16. The lowest BCUT2D eigenvalue weighted by molar-refractivity contribution is 0.608. The number of hydrogen-bond donors (Lipinski definition) is 0. The Morgan fingerprint density at radius 1 is 0.704 bits per heavy atom. The molecule has 0 bridgehead atoms. The van der Waals surface area contributed by atoms with E-state index < -0.39 is 0 Å². The first-order valence-corrected chi connectivity index (χ1v) is 9.24. The number of aryl methyl sites for hydroxylation is 2. The first-order valence-electron chi connectivity index (χ1n) is 9.24. The molecule has 0 aliphatic rings. The van der Waals surface area contributed by atoms with E-state index in [0.29, 0.717) is 0 Å². The molecule has 4 aromatic carbocycles. The molecule has 3 heteroatoms. The fourth-order valence-corrected chi connectivity index (χ4v) is 3.73. The summed E-state index contributed by atoms with van der Waals surface area (Å²) in [6.45, 7) is 0.815. The molecule has 1 aromatic heterocycles. The number of fused-ring (bicyclic) bond motifs is 3. The quantitative estimate of drug-likeness (QED) is 0.429. The fraction of sp³-hybridized carbons (Fsp3) is 0.0833. The van der Waals surface area contributed by atoms with E-state index in [4.69, 9.17) is 0 Å². The summed E-state index contributed by atoms with van der Waals surface area (Å²) >= 11 is 0. The van der Waals surface area contributed by atoms with Gasteiger partial charge in [0.2, 0.25) is 0 Å². The normalized spacial score (nSPS) is 11.3. The van der Waals surface area contributed by atoms with Crippen molar-refractivity contribution in [1.29, 1.82) is 0 Å². The Bertz CT molecular complexity index is 1210.